The maximum atomic E-state index is 12.9. The van der Waals surface area contributed by atoms with Gasteiger partial charge in [0, 0.05) is 5.70 Å². The first-order valence-corrected chi connectivity index (χ1v) is 9.35. The summed E-state index contributed by atoms with van der Waals surface area (Å²) in [5.74, 6) is 1.43. The number of benzene rings is 1. The van der Waals surface area contributed by atoms with Gasteiger partial charge in [0.1, 0.15) is 12.4 Å². The van der Waals surface area contributed by atoms with E-state index in [9.17, 15) is 4.79 Å². The second kappa shape index (κ2) is 8.33. The molecule has 0 radical (unpaired) electrons. The van der Waals surface area contributed by atoms with E-state index < -0.39 is 12.0 Å². The molecule has 0 unspecified atom stereocenters. The molecule has 1 aromatic carbocycles. The van der Waals surface area contributed by atoms with E-state index in [2.05, 4.69) is 15.4 Å². The number of esters is 1. The third kappa shape index (κ3) is 3.81. The second-order valence-electron chi connectivity index (χ2n) is 6.81. The number of carbonyl (C=O) groups is 1. The molecule has 0 aliphatic carbocycles. The number of nitrogens with one attached hydrogen (secondary N) is 1. The maximum Gasteiger partial charge on any atom is 0.338 e. The molecule has 0 fully saturated rings. The number of fused-ring (bicyclic) bond motifs is 1. The highest BCUT2D eigenvalue weighted by atomic mass is 16.5. The minimum atomic E-state index is -0.487. The molecule has 2 aromatic rings. The van der Waals surface area contributed by atoms with Crippen molar-refractivity contribution in [3.63, 3.8) is 0 Å². The van der Waals surface area contributed by atoms with Crippen molar-refractivity contribution in [3.8, 4) is 11.5 Å². The number of rotatable bonds is 7. The molecule has 1 N–H and O–H groups in total. The third-order valence-electron chi connectivity index (χ3n) is 4.32. The molecule has 8 heteroatoms. The van der Waals surface area contributed by atoms with Crippen molar-refractivity contribution >= 4 is 11.9 Å². The lowest BCUT2D eigenvalue weighted by Gasteiger charge is -2.29. The fourth-order valence-corrected chi connectivity index (χ4v) is 3.13. The number of anilines is 1. The van der Waals surface area contributed by atoms with Gasteiger partial charge in [-0.2, -0.15) is 10.1 Å². The Kier molecular flexibility index (Phi) is 5.87. The van der Waals surface area contributed by atoms with Crippen LogP contribution in [0.1, 0.15) is 45.7 Å². The fraction of sp³-hybridized carbons (Fsp3) is 0.450. The number of carbonyl (C=O) groups excluding carboxylic acids is 1. The molecule has 1 aliphatic heterocycles. The molecule has 0 bridgehead atoms. The molecule has 3 rings (SSSR count). The minimum absolute atomic E-state index is 0.232. The molecule has 150 valence electrons. The fourth-order valence-electron chi connectivity index (χ4n) is 3.13. The number of nitrogens with zero attached hydrogens (tertiary/aromatic N) is 3. The van der Waals surface area contributed by atoms with Crippen molar-refractivity contribution in [2.75, 3.05) is 19.0 Å². The quantitative estimate of drug-likeness (QED) is 0.730. The van der Waals surface area contributed by atoms with Crippen LogP contribution in [-0.4, -0.2) is 40.6 Å². The van der Waals surface area contributed by atoms with Crippen molar-refractivity contribution in [1.29, 1.82) is 0 Å². The molecule has 0 spiro atoms. The smallest absolute Gasteiger partial charge is 0.338 e. The number of aromatic nitrogens is 3. The van der Waals surface area contributed by atoms with E-state index in [0.717, 1.165) is 12.0 Å². The van der Waals surface area contributed by atoms with Gasteiger partial charge in [-0.15, -0.1) is 0 Å². The van der Waals surface area contributed by atoms with Crippen LogP contribution >= 0.6 is 0 Å². The molecule has 0 amide bonds. The molecule has 28 heavy (non-hydrogen) atoms. The van der Waals surface area contributed by atoms with Crippen molar-refractivity contribution in [1.82, 2.24) is 14.8 Å². The predicted molar refractivity (Wildman–Crippen MR) is 104 cm³/mol. The summed E-state index contributed by atoms with van der Waals surface area (Å²) in [5.41, 5.74) is 1.99. The lowest BCUT2D eigenvalue weighted by molar-refractivity contribution is -0.143. The second-order valence-corrected chi connectivity index (χ2v) is 6.81. The van der Waals surface area contributed by atoms with Gasteiger partial charge in [-0.3, -0.25) is 0 Å². The van der Waals surface area contributed by atoms with Gasteiger partial charge >= 0.3 is 5.97 Å². The van der Waals surface area contributed by atoms with Gasteiger partial charge in [0.25, 0.3) is 0 Å². The summed E-state index contributed by atoms with van der Waals surface area (Å²) in [6.07, 6.45) is 2.12. The number of hydrogen-bond acceptors (Lipinski definition) is 7. The Morgan fingerprint density at radius 1 is 1.32 bits per heavy atom. The predicted octanol–water partition coefficient (Wildman–Crippen LogP) is 3.32. The average molecular weight is 386 g/mol. The van der Waals surface area contributed by atoms with Crippen LogP contribution in [0.25, 0.3) is 0 Å². The molecule has 1 aromatic heterocycles. The minimum Gasteiger partial charge on any atom is -0.493 e. The van der Waals surface area contributed by atoms with E-state index >= 15 is 0 Å². The van der Waals surface area contributed by atoms with Crippen molar-refractivity contribution in [3.05, 3.63) is 41.4 Å². The van der Waals surface area contributed by atoms with E-state index in [4.69, 9.17) is 14.2 Å². The van der Waals surface area contributed by atoms with E-state index in [0.29, 0.717) is 35.3 Å². The summed E-state index contributed by atoms with van der Waals surface area (Å²) < 4.78 is 18.4. The van der Waals surface area contributed by atoms with Gasteiger partial charge in [-0.1, -0.05) is 13.0 Å². The SMILES string of the molecule is CCCOc1ccc([C@H]2C(C(=O)OC(C)C)=C(C)Nc3ncnn32)cc1OC. The Morgan fingerprint density at radius 2 is 2.11 bits per heavy atom. The largest absolute Gasteiger partial charge is 0.493 e. The zero-order valence-corrected chi connectivity index (χ0v) is 16.9. The standard InChI is InChI=1S/C20H26N4O4/c1-6-9-27-15-8-7-14(10-16(15)26-5)18-17(19(25)28-12(2)3)13(4)23-20-21-11-22-24(18)20/h7-8,10-12,18H,6,9H2,1-5H3,(H,21,22,23)/t18-/m0/s1. The summed E-state index contributed by atoms with van der Waals surface area (Å²) in [4.78, 5) is 17.1. The van der Waals surface area contributed by atoms with Gasteiger partial charge in [0.05, 0.1) is 25.4 Å². The molecule has 8 nitrogen and oxygen atoms in total. The summed E-state index contributed by atoms with van der Waals surface area (Å²) >= 11 is 0. The summed E-state index contributed by atoms with van der Waals surface area (Å²) in [6.45, 7) is 8.12. The highest BCUT2D eigenvalue weighted by Gasteiger charge is 2.35. The molecular weight excluding hydrogens is 360 g/mol. The van der Waals surface area contributed by atoms with Crippen LogP contribution in [0, 0.1) is 0 Å². The Morgan fingerprint density at radius 3 is 2.79 bits per heavy atom. The molecule has 0 saturated heterocycles. The molecule has 1 aliphatic rings. The number of allylic oxidation sites excluding steroid dienone is 1. The normalized spacial score (nSPS) is 15.9. The van der Waals surface area contributed by atoms with Crippen LogP contribution in [-0.2, 0) is 9.53 Å². The first-order valence-electron chi connectivity index (χ1n) is 9.35. The van der Waals surface area contributed by atoms with Crippen LogP contribution in [0.5, 0.6) is 11.5 Å². The van der Waals surface area contributed by atoms with E-state index in [1.807, 2.05) is 45.9 Å². The highest BCUT2D eigenvalue weighted by Crippen LogP contribution is 2.38. The van der Waals surface area contributed by atoms with E-state index in [-0.39, 0.29) is 6.10 Å². The van der Waals surface area contributed by atoms with Crippen LogP contribution in [0.2, 0.25) is 0 Å². The molecule has 2 heterocycles. The van der Waals surface area contributed by atoms with Crippen molar-refractivity contribution < 1.29 is 19.0 Å². The molecule has 1 atom stereocenters. The van der Waals surface area contributed by atoms with Crippen LogP contribution < -0.4 is 14.8 Å². The van der Waals surface area contributed by atoms with E-state index in [1.165, 1.54) is 6.33 Å². The van der Waals surface area contributed by atoms with Crippen LogP contribution in [0.15, 0.2) is 35.8 Å². The van der Waals surface area contributed by atoms with Gasteiger partial charge in [-0.05, 0) is 44.9 Å². The van der Waals surface area contributed by atoms with Gasteiger partial charge in [0.2, 0.25) is 5.95 Å². The van der Waals surface area contributed by atoms with Gasteiger partial charge in [0.15, 0.2) is 11.5 Å². The average Bonchev–Trinajstić information content (AvgIpc) is 3.12. The molecular formula is C20H26N4O4. The monoisotopic (exact) mass is 386 g/mol. The van der Waals surface area contributed by atoms with Crippen molar-refractivity contribution in [2.24, 2.45) is 0 Å². The number of methoxy groups -OCH3 is 1. The van der Waals surface area contributed by atoms with Crippen LogP contribution in [0.4, 0.5) is 5.95 Å². The van der Waals surface area contributed by atoms with Gasteiger partial charge in [-0.25, -0.2) is 9.48 Å². The third-order valence-corrected chi connectivity index (χ3v) is 4.32. The maximum absolute atomic E-state index is 12.9. The summed E-state index contributed by atoms with van der Waals surface area (Å²) in [7, 11) is 1.59. The Hall–Kier alpha value is -3.03. The topological polar surface area (TPSA) is 87.5 Å². The first kappa shape index (κ1) is 19.7. The first-order chi connectivity index (χ1) is 13.5. The lowest BCUT2D eigenvalue weighted by Crippen LogP contribution is -2.30. The highest BCUT2D eigenvalue weighted by molar-refractivity contribution is 5.92. The van der Waals surface area contributed by atoms with Crippen LogP contribution in [0.3, 0.4) is 0 Å². The van der Waals surface area contributed by atoms with E-state index in [1.54, 1.807) is 11.8 Å². The summed E-state index contributed by atoms with van der Waals surface area (Å²) in [6, 6.07) is 5.13. The van der Waals surface area contributed by atoms with Crippen molar-refractivity contribution in [2.45, 2.75) is 46.3 Å². The Labute approximate surface area is 164 Å². The van der Waals surface area contributed by atoms with Gasteiger partial charge < -0.3 is 19.5 Å². The Balaban J connectivity index is 2.07. The summed E-state index contributed by atoms with van der Waals surface area (Å²) in [5, 5.41) is 7.44. The number of hydrogen-bond donors (Lipinski definition) is 1. The lowest BCUT2D eigenvalue weighted by atomic mass is 9.95. The zero-order valence-electron chi connectivity index (χ0n) is 16.9. The zero-order chi connectivity index (χ0) is 20.3. The molecule has 0 saturated carbocycles. The Bertz CT molecular complexity index is 888. The number of ether oxygens (including phenoxy) is 3.